The zero-order chi connectivity index (χ0) is 19.4. The van der Waals surface area contributed by atoms with Gasteiger partial charge in [-0.25, -0.2) is 9.67 Å². The molecule has 1 aliphatic heterocycles. The number of para-hydroxylation sites is 2. The number of fused-ring (bicyclic) bond motifs is 2. The number of nitrogens with one attached hydrogen (secondary N) is 1. The highest BCUT2D eigenvalue weighted by molar-refractivity contribution is 6.42. The van der Waals surface area contributed by atoms with Gasteiger partial charge in [0.15, 0.2) is 0 Å². The second-order valence-electron chi connectivity index (χ2n) is 6.85. The molecule has 0 fully saturated rings. The Bertz CT molecular complexity index is 1250. The van der Waals surface area contributed by atoms with Crippen LogP contribution in [0, 0.1) is 0 Å². The Kier molecular flexibility index (Phi) is 3.96. The number of rotatable bonds is 2. The van der Waals surface area contributed by atoms with Gasteiger partial charge in [-0.05, 0) is 25.1 Å². The molecule has 0 radical (unpaired) electrons. The highest BCUT2D eigenvalue weighted by atomic mass is 35.5. The summed E-state index contributed by atoms with van der Waals surface area (Å²) >= 11 is 13.0. The molecular weight excluding hydrogens is 393 g/mol. The fourth-order valence-electron chi connectivity index (χ4n) is 3.90. The number of aryl methyl sites for hydroxylation is 1. The van der Waals surface area contributed by atoms with Crippen LogP contribution in [-0.4, -0.2) is 19.3 Å². The quantitative estimate of drug-likeness (QED) is 0.473. The van der Waals surface area contributed by atoms with Gasteiger partial charge in [0, 0.05) is 29.9 Å². The lowest BCUT2D eigenvalue weighted by molar-refractivity contribution is 0.613. The molecular formula is C21H17Cl2N5. The minimum atomic E-state index is -0.243. The van der Waals surface area contributed by atoms with Crippen molar-refractivity contribution in [2.75, 3.05) is 5.32 Å². The molecule has 0 bridgehead atoms. The Labute approximate surface area is 172 Å². The summed E-state index contributed by atoms with van der Waals surface area (Å²) in [5.41, 5.74) is 4.93. The maximum atomic E-state index is 6.64. The van der Waals surface area contributed by atoms with Crippen LogP contribution in [0.2, 0.25) is 10.0 Å². The molecule has 0 amide bonds. The van der Waals surface area contributed by atoms with Crippen molar-refractivity contribution in [3.63, 3.8) is 0 Å². The number of aromatic nitrogens is 4. The first-order chi connectivity index (χ1) is 13.6. The van der Waals surface area contributed by atoms with Gasteiger partial charge in [0.25, 0.3) is 0 Å². The predicted octanol–water partition coefficient (Wildman–Crippen LogP) is 5.52. The number of imidazole rings is 1. The molecule has 0 spiro atoms. The van der Waals surface area contributed by atoms with Gasteiger partial charge in [0.2, 0.25) is 0 Å². The number of halogens is 2. The van der Waals surface area contributed by atoms with E-state index in [1.165, 1.54) is 0 Å². The van der Waals surface area contributed by atoms with Crippen molar-refractivity contribution in [3.8, 4) is 0 Å². The lowest BCUT2D eigenvalue weighted by atomic mass is 9.94. The molecule has 3 heterocycles. The highest BCUT2D eigenvalue weighted by Crippen LogP contribution is 2.44. The van der Waals surface area contributed by atoms with Crippen molar-refractivity contribution in [1.29, 1.82) is 0 Å². The fourth-order valence-corrected chi connectivity index (χ4v) is 4.31. The molecule has 140 valence electrons. The lowest BCUT2D eigenvalue weighted by Gasteiger charge is -2.30. The summed E-state index contributed by atoms with van der Waals surface area (Å²) in [4.78, 5) is 4.92. The third-order valence-electron chi connectivity index (χ3n) is 5.21. The average molecular weight is 410 g/mol. The average Bonchev–Trinajstić information content (AvgIpc) is 3.28. The van der Waals surface area contributed by atoms with E-state index in [1.807, 2.05) is 48.1 Å². The molecule has 1 N–H and O–H groups in total. The van der Waals surface area contributed by atoms with Crippen molar-refractivity contribution in [2.45, 2.75) is 13.0 Å². The van der Waals surface area contributed by atoms with Gasteiger partial charge < -0.3 is 9.88 Å². The molecule has 5 rings (SSSR count). The molecule has 0 aliphatic carbocycles. The van der Waals surface area contributed by atoms with E-state index in [1.54, 1.807) is 12.3 Å². The van der Waals surface area contributed by atoms with Crippen molar-refractivity contribution in [2.24, 2.45) is 7.05 Å². The summed E-state index contributed by atoms with van der Waals surface area (Å²) in [6.07, 6.45) is 1.78. The topological polar surface area (TPSA) is 47.7 Å². The van der Waals surface area contributed by atoms with Crippen LogP contribution in [0.15, 0.2) is 60.4 Å². The summed E-state index contributed by atoms with van der Waals surface area (Å²) in [6, 6.07) is 15.5. The van der Waals surface area contributed by atoms with Crippen molar-refractivity contribution >= 4 is 45.6 Å². The molecule has 28 heavy (non-hydrogen) atoms. The molecule has 5 nitrogen and oxygen atoms in total. The van der Waals surface area contributed by atoms with Gasteiger partial charge in [0.05, 0.1) is 27.3 Å². The van der Waals surface area contributed by atoms with Crippen LogP contribution < -0.4 is 5.32 Å². The first kappa shape index (κ1) is 17.3. The largest absolute Gasteiger partial charge is 0.344 e. The van der Waals surface area contributed by atoms with E-state index in [0.717, 1.165) is 39.5 Å². The van der Waals surface area contributed by atoms with Crippen LogP contribution in [0.25, 0.3) is 16.6 Å². The van der Waals surface area contributed by atoms with E-state index in [0.29, 0.717) is 10.0 Å². The summed E-state index contributed by atoms with van der Waals surface area (Å²) in [7, 11) is 2.03. The third kappa shape index (κ3) is 2.47. The molecule has 1 aliphatic rings. The zero-order valence-electron chi connectivity index (χ0n) is 15.3. The normalized spacial score (nSPS) is 16.4. The van der Waals surface area contributed by atoms with E-state index in [4.69, 9.17) is 28.2 Å². The standard InChI is InChI=1S/C21H17Cl2N5/c1-12-18(21-26-15-8-3-4-9-16(15)27(21)2)20(28-17(25-12)10-11-24-28)13-6-5-7-14(22)19(13)23/h3-11,20,25H,1-2H3. The Balaban J connectivity index is 1.81. The number of hydrogen-bond acceptors (Lipinski definition) is 3. The summed E-state index contributed by atoms with van der Waals surface area (Å²) in [5, 5.41) is 9.06. The molecule has 1 atom stereocenters. The van der Waals surface area contributed by atoms with Gasteiger partial charge in [-0.15, -0.1) is 0 Å². The molecule has 2 aromatic heterocycles. The SMILES string of the molecule is CC1=C(c2nc3ccccc3n2C)C(c2cccc(Cl)c2Cl)n2nccc2N1. The molecule has 2 aromatic carbocycles. The number of anilines is 1. The van der Waals surface area contributed by atoms with Crippen molar-refractivity contribution < 1.29 is 0 Å². The van der Waals surface area contributed by atoms with Crippen molar-refractivity contribution in [1.82, 2.24) is 19.3 Å². The van der Waals surface area contributed by atoms with Crippen LogP contribution >= 0.6 is 23.2 Å². The lowest BCUT2D eigenvalue weighted by Crippen LogP contribution is -2.25. The van der Waals surface area contributed by atoms with E-state index in [9.17, 15) is 0 Å². The first-order valence-electron chi connectivity index (χ1n) is 8.93. The van der Waals surface area contributed by atoms with Crippen LogP contribution in [0.3, 0.4) is 0 Å². The summed E-state index contributed by atoms with van der Waals surface area (Å²) in [5.74, 6) is 1.77. The second kappa shape index (κ2) is 6.40. The maximum Gasteiger partial charge on any atom is 0.141 e. The zero-order valence-corrected chi connectivity index (χ0v) is 16.8. The molecule has 0 saturated carbocycles. The number of allylic oxidation sites excluding steroid dienone is 2. The summed E-state index contributed by atoms with van der Waals surface area (Å²) in [6.45, 7) is 2.05. The van der Waals surface area contributed by atoms with E-state index in [-0.39, 0.29) is 6.04 Å². The minimum absolute atomic E-state index is 0.243. The van der Waals surface area contributed by atoms with Gasteiger partial charge in [-0.1, -0.05) is 47.5 Å². The molecule has 4 aromatic rings. The van der Waals surface area contributed by atoms with Crippen LogP contribution in [0.5, 0.6) is 0 Å². The molecule has 7 heteroatoms. The van der Waals surface area contributed by atoms with Crippen LogP contribution in [0.4, 0.5) is 5.82 Å². The van der Waals surface area contributed by atoms with E-state index in [2.05, 4.69) is 28.0 Å². The number of nitrogens with zero attached hydrogens (tertiary/aromatic N) is 4. The monoisotopic (exact) mass is 409 g/mol. The predicted molar refractivity (Wildman–Crippen MR) is 114 cm³/mol. The molecule has 0 saturated heterocycles. The Morgan fingerprint density at radius 2 is 1.86 bits per heavy atom. The number of hydrogen-bond donors (Lipinski definition) is 1. The van der Waals surface area contributed by atoms with Gasteiger partial charge in [-0.2, -0.15) is 5.10 Å². The highest BCUT2D eigenvalue weighted by Gasteiger charge is 2.33. The smallest absolute Gasteiger partial charge is 0.141 e. The second-order valence-corrected chi connectivity index (χ2v) is 7.64. The van der Waals surface area contributed by atoms with Gasteiger partial charge >= 0.3 is 0 Å². The van der Waals surface area contributed by atoms with Gasteiger partial charge in [0.1, 0.15) is 17.7 Å². The molecule has 1 unspecified atom stereocenters. The van der Waals surface area contributed by atoms with Crippen molar-refractivity contribution in [3.05, 3.63) is 81.9 Å². The van der Waals surface area contributed by atoms with Crippen LogP contribution in [0.1, 0.15) is 24.4 Å². The maximum absolute atomic E-state index is 6.64. The third-order valence-corrected chi connectivity index (χ3v) is 6.05. The van der Waals surface area contributed by atoms with Crippen LogP contribution in [-0.2, 0) is 7.05 Å². The van der Waals surface area contributed by atoms with E-state index >= 15 is 0 Å². The minimum Gasteiger partial charge on any atom is -0.344 e. The van der Waals surface area contributed by atoms with Gasteiger partial charge in [-0.3, -0.25) is 0 Å². The van der Waals surface area contributed by atoms with E-state index < -0.39 is 0 Å². The Morgan fingerprint density at radius 3 is 2.68 bits per heavy atom. The fraction of sp³-hybridized carbons (Fsp3) is 0.143. The number of benzene rings is 2. The Hall–Kier alpha value is -2.76. The Morgan fingerprint density at radius 1 is 1.04 bits per heavy atom. The summed E-state index contributed by atoms with van der Waals surface area (Å²) < 4.78 is 4.04. The first-order valence-corrected chi connectivity index (χ1v) is 9.69.